The van der Waals surface area contributed by atoms with Crippen molar-refractivity contribution in [3.8, 4) is 0 Å². The van der Waals surface area contributed by atoms with Gasteiger partial charge >= 0.3 is 11.9 Å². The van der Waals surface area contributed by atoms with Crippen molar-refractivity contribution in [2.75, 3.05) is 11.9 Å². The summed E-state index contributed by atoms with van der Waals surface area (Å²) in [6, 6.07) is 8.86. The summed E-state index contributed by atoms with van der Waals surface area (Å²) >= 11 is 0. The minimum atomic E-state index is -0.610. The number of nitrogens with zero attached hydrogens (tertiary/aromatic N) is 3. The van der Waals surface area contributed by atoms with Crippen molar-refractivity contribution in [2.45, 2.75) is 13.5 Å². The molecule has 21 heavy (non-hydrogen) atoms. The molecule has 8 nitrogen and oxygen atoms in total. The van der Waals surface area contributed by atoms with E-state index in [2.05, 4.69) is 10.3 Å². The first-order valence-corrected chi connectivity index (χ1v) is 6.23. The number of carbonyl (C=O) groups excluding carboxylic acids is 1. The molecule has 0 bridgehead atoms. The van der Waals surface area contributed by atoms with Gasteiger partial charge in [0.25, 0.3) is 0 Å². The lowest BCUT2D eigenvalue weighted by Crippen LogP contribution is -2.18. The first-order chi connectivity index (χ1) is 10.1. The zero-order valence-corrected chi connectivity index (χ0v) is 11.4. The number of imidazole rings is 1. The first kappa shape index (κ1) is 14.5. The normalized spacial score (nSPS) is 10.1. The molecule has 1 aromatic carbocycles. The highest BCUT2D eigenvalue weighted by Crippen LogP contribution is 2.13. The summed E-state index contributed by atoms with van der Waals surface area (Å²) in [6.45, 7) is 1.83. The van der Waals surface area contributed by atoms with E-state index in [4.69, 9.17) is 4.74 Å². The number of hydrogen-bond acceptors (Lipinski definition) is 5. The molecule has 8 heteroatoms. The molecule has 2 rings (SSSR count). The summed E-state index contributed by atoms with van der Waals surface area (Å²) in [4.78, 5) is 25.7. The summed E-state index contributed by atoms with van der Waals surface area (Å²) in [7, 11) is 0. The molecule has 0 atom stereocenters. The van der Waals surface area contributed by atoms with Gasteiger partial charge in [0.15, 0.2) is 5.82 Å². The largest absolute Gasteiger partial charge is 0.445 e. The van der Waals surface area contributed by atoms with Gasteiger partial charge in [-0.3, -0.25) is 5.32 Å². The third-order valence-electron chi connectivity index (χ3n) is 2.79. The van der Waals surface area contributed by atoms with E-state index in [-0.39, 0.29) is 19.0 Å². The SMILES string of the molecule is Cc1ncc([N+](=O)[O-])n1CCOC(=O)Nc1ccccc1. The number of aromatic nitrogens is 2. The number of para-hydroxylation sites is 1. The van der Waals surface area contributed by atoms with Crippen molar-refractivity contribution in [1.82, 2.24) is 9.55 Å². The molecular weight excluding hydrogens is 276 g/mol. The van der Waals surface area contributed by atoms with Crippen LogP contribution in [0.15, 0.2) is 36.5 Å². The number of amides is 1. The highest BCUT2D eigenvalue weighted by molar-refractivity contribution is 5.84. The molecule has 0 radical (unpaired) electrons. The number of nitro groups is 1. The Kier molecular flexibility index (Phi) is 4.50. The van der Waals surface area contributed by atoms with Crippen molar-refractivity contribution in [3.05, 3.63) is 52.5 Å². The second-order valence-corrected chi connectivity index (χ2v) is 4.20. The topological polar surface area (TPSA) is 99.3 Å². The van der Waals surface area contributed by atoms with Crippen molar-refractivity contribution in [3.63, 3.8) is 0 Å². The molecule has 0 saturated carbocycles. The van der Waals surface area contributed by atoms with Gasteiger partial charge in [0, 0.05) is 12.6 Å². The Labute approximate surface area is 120 Å². The van der Waals surface area contributed by atoms with Gasteiger partial charge in [0.2, 0.25) is 0 Å². The fourth-order valence-corrected chi connectivity index (χ4v) is 1.78. The molecule has 1 aromatic heterocycles. The van der Waals surface area contributed by atoms with E-state index in [1.54, 1.807) is 31.2 Å². The molecule has 0 saturated heterocycles. The van der Waals surface area contributed by atoms with Gasteiger partial charge in [-0.1, -0.05) is 18.2 Å². The third kappa shape index (κ3) is 3.78. The molecule has 1 heterocycles. The average molecular weight is 290 g/mol. The molecule has 0 aliphatic rings. The van der Waals surface area contributed by atoms with E-state index >= 15 is 0 Å². The third-order valence-corrected chi connectivity index (χ3v) is 2.79. The summed E-state index contributed by atoms with van der Waals surface area (Å²) in [5.74, 6) is 0.369. The second kappa shape index (κ2) is 6.51. The number of benzene rings is 1. The quantitative estimate of drug-likeness (QED) is 0.673. The maximum absolute atomic E-state index is 11.6. The van der Waals surface area contributed by atoms with E-state index < -0.39 is 11.0 Å². The predicted molar refractivity (Wildman–Crippen MR) is 75.0 cm³/mol. The van der Waals surface area contributed by atoms with Gasteiger partial charge < -0.3 is 14.9 Å². The summed E-state index contributed by atoms with van der Waals surface area (Å²) in [6.07, 6.45) is 0.570. The number of rotatable bonds is 5. The molecule has 1 amide bonds. The number of carbonyl (C=O) groups is 1. The van der Waals surface area contributed by atoms with Crippen LogP contribution in [0.2, 0.25) is 0 Å². The van der Waals surface area contributed by atoms with Crippen LogP contribution in [0.1, 0.15) is 5.82 Å². The molecular formula is C13H14N4O4. The zero-order valence-electron chi connectivity index (χ0n) is 11.4. The van der Waals surface area contributed by atoms with E-state index in [9.17, 15) is 14.9 Å². The number of hydrogen-bond donors (Lipinski definition) is 1. The zero-order chi connectivity index (χ0) is 15.2. The fourth-order valence-electron chi connectivity index (χ4n) is 1.78. The molecule has 2 aromatic rings. The Hall–Kier alpha value is -2.90. The molecule has 1 N–H and O–H groups in total. The highest BCUT2D eigenvalue weighted by Gasteiger charge is 2.17. The molecule has 0 spiro atoms. The number of nitrogens with one attached hydrogen (secondary N) is 1. The Morgan fingerprint density at radius 3 is 2.81 bits per heavy atom. The monoisotopic (exact) mass is 290 g/mol. The van der Waals surface area contributed by atoms with Crippen LogP contribution in [-0.4, -0.2) is 27.2 Å². The van der Waals surface area contributed by atoms with Crippen LogP contribution in [0.5, 0.6) is 0 Å². The van der Waals surface area contributed by atoms with E-state index in [1.165, 1.54) is 10.8 Å². The van der Waals surface area contributed by atoms with Crippen molar-refractivity contribution in [2.24, 2.45) is 0 Å². The van der Waals surface area contributed by atoms with Crippen LogP contribution in [0.25, 0.3) is 0 Å². The molecule has 0 aliphatic heterocycles. The Balaban J connectivity index is 1.86. The van der Waals surface area contributed by atoms with Gasteiger partial charge in [0.05, 0.1) is 0 Å². The Morgan fingerprint density at radius 2 is 2.14 bits per heavy atom. The molecule has 0 unspecified atom stereocenters. The van der Waals surface area contributed by atoms with Crippen LogP contribution in [0, 0.1) is 17.0 Å². The lowest BCUT2D eigenvalue weighted by molar-refractivity contribution is -0.392. The standard InChI is InChI=1S/C13H14N4O4/c1-10-14-9-12(17(19)20)16(10)7-8-21-13(18)15-11-5-3-2-4-6-11/h2-6,9H,7-8H2,1H3,(H,15,18). The number of aryl methyl sites for hydroxylation is 1. The summed E-state index contributed by atoms with van der Waals surface area (Å²) in [5.41, 5.74) is 0.618. The van der Waals surface area contributed by atoms with Gasteiger partial charge in [-0.05, 0) is 17.1 Å². The van der Waals surface area contributed by atoms with Crippen LogP contribution >= 0.6 is 0 Å². The van der Waals surface area contributed by atoms with Gasteiger partial charge in [-0.15, -0.1) is 0 Å². The number of ether oxygens (including phenoxy) is 1. The van der Waals surface area contributed by atoms with E-state index in [0.29, 0.717) is 11.5 Å². The predicted octanol–water partition coefficient (Wildman–Crippen LogP) is 2.35. The van der Waals surface area contributed by atoms with Crippen LogP contribution in [-0.2, 0) is 11.3 Å². The average Bonchev–Trinajstić information content (AvgIpc) is 2.81. The Morgan fingerprint density at radius 1 is 1.43 bits per heavy atom. The van der Waals surface area contributed by atoms with Crippen LogP contribution in [0.4, 0.5) is 16.3 Å². The lowest BCUT2D eigenvalue weighted by Gasteiger charge is -2.07. The maximum Gasteiger partial charge on any atom is 0.411 e. The van der Waals surface area contributed by atoms with Gasteiger partial charge in [-0.25, -0.2) is 14.3 Å². The first-order valence-electron chi connectivity index (χ1n) is 6.23. The lowest BCUT2D eigenvalue weighted by atomic mass is 10.3. The minimum Gasteiger partial charge on any atom is -0.445 e. The highest BCUT2D eigenvalue weighted by atomic mass is 16.6. The van der Waals surface area contributed by atoms with Crippen LogP contribution < -0.4 is 5.32 Å². The molecule has 110 valence electrons. The molecule has 0 fully saturated rings. The Bertz CT molecular complexity index is 639. The van der Waals surface area contributed by atoms with Crippen molar-refractivity contribution >= 4 is 17.6 Å². The van der Waals surface area contributed by atoms with Crippen molar-refractivity contribution in [1.29, 1.82) is 0 Å². The van der Waals surface area contributed by atoms with E-state index in [0.717, 1.165) is 0 Å². The van der Waals surface area contributed by atoms with Gasteiger partial charge in [-0.2, -0.15) is 0 Å². The second-order valence-electron chi connectivity index (χ2n) is 4.20. The van der Waals surface area contributed by atoms with Crippen LogP contribution in [0.3, 0.4) is 0 Å². The van der Waals surface area contributed by atoms with Crippen molar-refractivity contribution < 1.29 is 14.5 Å². The smallest absolute Gasteiger partial charge is 0.411 e. The fraction of sp³-hybridized carbons (Fsp3) is 0.231. The minimum absolute atomic E-state index is 0.0106. The molecule has 0 aliphatic carbocycles. The maximum atomic E-state index is 11.6. The number of anilines is 1. The summed E-state index contributed by atoms with van der Waals surface area (Å²) < 4.78 is 6.37. The van der Waals surface area contributed by atoms with E-state index in [1.807, 2.05) is 6.07 Å². The van der Waals surface area contributed by atoms with Gasteiger partial charge in [0.1, 0.15) is 19.3 Å². The summed E-state index contributed by atoms with van der Waals surface area (Å²) in [5, 5.41) is 13.4.